The first-order valence-corrected chi connectivity index (χ1v) is 5.16. The first-order valence-electron chi connectivity index (χ1n) is 3.82. The molecule has 13 heavy (non-hydrogen) atoms. The SMILES string of the molecule is Cc1cc(C)c(S(F)(F)F)c(C)c1. The molecule has 0 fully saturated rings. The van der Waals surface area contributed by atoms with E-state index >= 15 is 0 Å². The zero-order valence-corrected chi connectivity index (χ0v) is 8.51. The van der Waals surface area contributed by atoms with E-state index in [4.69, 9.17) is 0 Å². The van der Waals surface area contributed by atoms with Gasteiger partial charge in [0.1, 0.15) is 0 Å². The van der Waals surface area contributed by atoms with Crippen molar-refractivity contribution in [2.24, 2.45) is 0 Å². The van der Waals surface area contributed by atoms with Gasteiger partial charge in [0, 0.05) is 0 Å². The van der Waals surface area contributed by atoms with E-state index in [0.29, 0.717) is 11.1 Å². The van der Waals surface area contributed by atoms with Gasteiger partial charge < -0.3 is 0 Å². The molecule has 0 bridgehead atoms. The molecule has 1 aromatic carbocycles. The topological polar surface area (TPSA) is 0 Å². The van der Waals surface area contributed by atoms with E-state index in [0.717, 1.165) is 5.56 Å². The average molecular weight is 208 g/mol. The fraction of sp³-hybridized carbons (Fsp3) is 0.333. The molecule has 0 aliphatic heterocycles. The van der Waals surface area contributed by atoms with Crippen LogP contribution in [0.3, 0.4) is 0 Å². The van der Waals surface area contributed by atoms with Crippen LogP contribution in [0.2, 0.25) is 0 Å². The van der Waals surface area contributed by atoms with Crippen molar-refractivity contribution in [2.45, 2.75) is 25.7 Å². The number of hydrogen-bond acceptors (Lipinski definition) is 0. The lowest BCUT2D eigenvalue weighted by atomic mass is 10.1. The maximum atomic E-state index is 12.5. The molecular weight excluding hydrogens is 197 g/mol. The number of benzene rings is 1. The van der Waals surface area contributed by atoms with E-state index in [1.807, 2.05) is 0 Å². The Hall–Kier alpha value is -0.640. The third kappa shape index (κ3) is 2.18. The summed E-state index contributed by atoms with van der Waals surface area (Å²) in [5.41, 5.74) is 1.54. The van der Waals surface area contributed by atoms with E-state index in [9.17, 15) is 11.7 Å². The third-order valence-corrected chi connectivity index (χ3v) is 2.94. The van der Waals surface area contributed by atoms with Crippen LogP contribution in [0.25, 0.3) is 0 Å². The van der Waals surface area contributed by atoms with E-state index in [1.54, 1.807) is 19.1 Å². The van der Waals surface area contributed by atoms with E-state index in [2.05, 4.69) is 0 Å². The minimum absolute atomic E-state index is 0.333. The number of aryl methyl sites for hydroxylation is 3. The molecule has 74 valence electrons. The minimum atomic E-state index is -5.08. The second kappa shape index (κ2) is 3.25. The van der Waals surface area contributed by atoms with Crippen LogP contribution in [-0.2, 0) is 0 Å². The molecule has 0 nitrogen and oxygen atoms in total. The fourth-order valence-electron chi connectivity index (χ4n) is 1.53. The van der Waals surface area contributed by atoms with Gasteiger partial charge in [-0.25, -0.2) is 0 Å². The molecule has 0 spiro atoms. The first kappa shape index (κ1) is 10.4. The van der Waals surface area contributed by atoms with Gasteiger partial charge in [0.25, 0.3) is 0 Å². The number of halogens is 3. The highest BCUT2D eigenvalue weighted by Crippen LogP contribution is 2.62. The van der Waals surface area contributed by atoms with Crippen molar-refractivity contribution in [3.8, 4) is 0 Å². The Morgan fingerprint density at radius 3 is 1.62 bits per heavy atom. The predicted molar refractivity (Wildman–Crippen MR) is 49.8 cm³/mol. The summed E-state index contributed by atoms with van der Waals surface area (Å²) in [4.78, 5) is -0.418. The van der Waals surface area contributed by atoms with Crippen molar-refractivity contribution in [3.63, 3.8) is 0 Å². The molecule has 4 heteroatoms. The first-order chi connectivity index (χ1) is 5.82. The largest absolute Gasteiger partial charge is 0.238 e. The van der Waals surface area contributed by atoms with Crippen LogP contribution in [0.15, 0.2) is 17.0 Å². The average Bonchev–Trinajstić information content (AvgIpc) is 1.78. The van der Waals surface area contributed by atoms with Crippen LogP contribution in [0.1, 0.15) is 16.7 Å². The second-order valence-electron chi connectivity index (χ2n) is 3.13. The van der Waals surface area contributed by atoms with Crippen molar-refractivity contribution in [2.75, 3.05) is 0 Å². The Morgan fingerprint density at radius 1 is 0.923 bits per heavy atom. The van der Waals surface area contributed by atoms with Crippen molar-refractivity contribution >= 4 is 11.2 Å². The summed E-state index contributed by atoms with van der Waals surface area (Å²) in [6.45, 7) is 4.82. The number of rotatable bonds is 1. The Balaban J connectivity index is 3.38. The second-order valence-corrected chi connectivity index (χ2v) is 4.36. The lowest BCUT2D eigenvalue weighted by Gasteiger charge is -2.16. The molecule has 0 heterocycles. The van der Waals surface area contributed by atoms with Crippen molar-refractivity contribution < 1.29 is 11.7 Å². The Morgan fingerprint density at radius 2 is 1.31 bits per heavy atom. The van der Waals surface area contributed by atoms with Gasteiger partial charge in [0.05, 0.1) is 4.90 Å². The van der Waals surface area contributed by atoms with Gasteiger partial charge in [-0.3, -0.25) is 0 Å². The molecule has 0 saturated carbocycles. The minimum Gasteiger partial charge on any atom is -0.120 e. The summed E-state index contributed by atoms with van der Waals surface area (Å²) < 4.78 is 37.6. The van der Waals surface area contributed by atoms with Crippen LogP contribution in [0.5, 0.6) is 0 Å². The van der Waals surface area contributed by atoms with E-state index < -0.39 is 16.1 Å². The predicted octanol–water partition coefficient (Wildman–Crippen LogP) is 4.43. The highest BCUT2D eigenvalue weighted by molar-refractivity contribution is 8.21. The summed E-state index contributed by atoms with van der Waals surface area (Å²) in [6, 6.07) is 3.14. The monoisotopic (exact) mass is 208 g/mol. The van der Waals surface area contributed by atoms with Gasteiger partial charge in [-0.05, 0) is 31.9 Å². The van der Waals surface area contributed by atoms with Gasteiger partial charge in [-0.15, -0.1) is 11.7 Å². The summed E-state index contributed by atoms with van der Waals surface area (Å²) in [5.74, 6) is 0. The van der Waals surface area contributed by atoms with Crippen LogP contribution in [-0.4, -0.2) is 0 Å². The summed E-state index contributed by atoms with van der Waals surface area (Å²) >= 11 is -5.08. The van der Waals surface area contributed by atoms with Crippen LogP contribution >= 0.6 is 11.2 Å². The highest BCUT2D eigenvalue weighted by atomic mass is 32.3. The molecule has 0 radical (unpaired) electrons. The zero-order chi connectivity index (χ0) is 10.2. The van der Waals surface area contributed by atoms with Crippen LogP contribution in [0.4, 0.5) is 11.7 Å². The Kier molecular flexibility index (Phi) is 2.61. The quantitative estimate of drug-likeness (QED) is 0.640. The molecule has 0 atom stereocenters. The lowest BCUT2D eigenvalue weighted by molar-refractivity contribution is 0.630. The zero-order valence-electron chi connectivity index (χ0n) is 7.70. The van der Waals surface area contributed by atoms with Crippen LogP contribution in [0, 0.1) is 20.8 Å². The van der Waals surface area contributed by atoms with E-state index in [-0.39, 0.29) is 0 Å². The Labute approximate surface area is 78.0 Å². The van der Waals surface area contributed by atoms with Gasteiger partial charge in [0.2, 0.25) is 11.2 Å². The Bertz CT molecular complexity index is 305. The molecule has 0 saturated heterocycles. The standard InChI is InChI=1S/C9H11F3S/c1-6-4-7(2)9(8(3)5-6)13(10,11)12/h4-5H,1-3H3. The lowest BCUT2D eigenvalue weighted by Crippen LogP contribution is -1.92. The molecular formula is C9H11F3S. The van der Waals surface area contributed by atoms with Gasteiger partial charge in [-0.1, -0.05) is 17.7 Å². The van der Waals surface area contributed by atoms with Gasteiger partial charge in [-0.2, -0.15) is 0 Å². The normalized spacial score (nSPS) is 13.1. The van der Waals surface area contributed by atoms with Gasteiger partial charge >= 0.3 is 0 Å². The molecule has 0 aliphatic rings. The maximum absolute atomic E-state index is 12.5. The maximum Gasteiger partial charge on any atom is 0.238 e. The smallest absolute Gasteiger partial charge is 0.120 e. The van der Waals surface area contributed by atoms with E-state index in [1.165, 1.54) is 13.8 Å². The molecule has 0 aliphatic carbocycles. The molecule has 1 rings (SSSR count). The summed E-state index contributed by atoms with van der Waals surface area (Å²) in [5, 5.41) is 0. The summed E-state index contributed by atoms with van der Waals surface area (Å²) in [7, 11) is 0. The summed E-state index contributed by atoms with van der Waals surface area (Å²) in [6.07, 6.45) is 0. The van der Waals surface area contributed by atoms with Gasteiger partial charge in [0.15, 0.2) is 0 Å². The fourth-order valence-corrected chi connectivity index (χ4v) is 2.38. The molecule has 0 N–H and O–H groups in total. The molecule has 0 aromatic heterocycles. The molecule has 1 aromatic rings. The molecule has 0 amide bonds. The number of hydrogen-bond donors (Lipinski definition) is 0. The highest BCUT2D eigenvalue weighted by Gasteiger charge is 2.28. The third-order valence-electron chi connectivity index (χ3n) is 1.84. The van der Waals surface area contributed by atoms with Crippen molar-refractivity contribution in [3.05, 3.63) is 28.8 Å². The van der Waals surface area contributed by atoms with Crippen LogP contribution < -0.4 is 0 Å². The van der Waals surface area contributed by atoms with Crippen molar-refractivity contribution in [1.29, 1.82) is 0 Å². The molecule has 0 unspecified atom stereocenters. The van der Waals surface area contributed by atoms with Crippen molar-refractivity contribution in [1.82, 2.24) is 0 Å².